The van der Waals surface area contributed by atoms with Crippen LogP contribution in [0.25, 0.3) is 33.4 Å². The molecule has 374 valence electrons. The molecule has 1 aliphatic carbocycles. The van der Waals surface area contributed by atoms with Crippen molar-refractivity contribution in [3.63, 3.8) is 0 Å². The maximum atomic E-state index is 15.0. The maximum Gasteiger partial charge on any atom is 0.193 e. The number of anilines is 6. The topological polar surface area (TPSA) is 40.6 Å². The van der Waals surface area contributed by atoms with Gasteiger partial charge >= 0.3 is 0 Å². The zero-order valence-corrected chi connectivity index (χ0v) is 43.2. The molecule has 13 rings (SSSR count). The minimum absolute atomic E-state index is 0.0736. The van der Waals surface area contributed by atoms with Gasteiger partial charge in [-0.1, -0.05) is 231 Å². The van der Waals surface area contributed by atoms with Gasteiger partial charge in [0.05, 0.1) is 5.41 Å². The first-order chi connectivity index (χ1) is 39.0. The van der Waals surface area contributed by atoms with Gasteiger partial charge in [-0.15, -0.1) is 0 Å². The Labute approximate surface area is 461 Å². The van der Waals surface area contributed by atoms with E-state index in [4.69, 9.17) is 0 Å². The second-order valence-corrected chi connectivity index (χ2v) is 19.9. The summed E-state index contributed by atoms with van der Waals surface area (Å²) in [7, 11) is 0. The van der Waals surface area contributed by atoms with E-state index in [2.05, 4.69) is 204 Å². The van der Waals surface area contributed by atoms with E-state index in [1.165, 1.54) is 0 Å². The molecule has 1 aliphatic rings. The van der Waals surface area contributed by atoms with E-state index in [1.807, 2.05) is 121 Å². The van der Waals surface area contributed by atoms with Gasteiger partial charge in [-0.05, 0) is 141 Å². The highest BCUT2D eigenvalue weighted by Crippen LogP contribution is 2.57. The number of carbonyl (C=O) groups is 2. The van der Waals surface area contributed by atoms with Crippen molar-refractivity contribution in [2.45, 2.75) is 5.41 Å². The second kappa shape index (κ2) is 21.0. The number of carbonyl (C=O) groups excluding carboxylic acids is 2. The average molecular weight is 1010 g/mol. The summed E-state index contributed by atoms with van der Waals surface area (Å²) in [4.78, 5) is 34.5. The molecule has 0 bridgehead atoms. The SMILES string of the molecule is O=C(c1ccc(-c2ccccc2)cc1)c1ccc2c(c1)C(c1ccc(N(c3ccccc3)c3ccccc3)cc1)(c1ccc(N(c3ccccc3)c3ccccc3)cc1)c1cc(C(=O)c3ccc(-c4ccccc4)cc3)ccc1-2. The summed E-state index contributed by atoms with van der Waals surface area (Å²) in [5, 5.41) is 0. The summed E-state index contributed by atoms with van der Waals surface area (Å²) < 4.78 is 0. The molecule has 4 nitrogen and oxygen atoms in total. The number of ketones is 2. The molecular formula is C75H52N2O2. The van der Waals surface area contributed by atoms with Gasteiger partial charge in [-0.2, -0.15) is 0 Å². The zero-order valence-electron chi connectivity index (χ0n) is 43.2. The van der Waals surface area contributed by atoms with Gasteiger partial charge in [0.25, 0.3) is 0 Å². The Hall–Kier alpha value is -10.4. The maximum absolute atomic E-state index is 15.0. The first kappa shape index (κ1) is 48.2. The standard InChI is InChI=1S/C75H52N2O2/c78-73(57-35-31-55(32-36-57)53-19-7-1-8-20-53)59-39-49-69-70-50-40-60(74(79)58-37-33-56(34-38-58)54-21-9-2-10-22-54)52-72(70)75(71(69)51-59,61-41-45-67(46-42-61)76(63-23-11-3-12-24-63)64-25-13-4-14-26-64)62-43-47-68(48-44-62)77(65-27-15-5-16-28-65)66-29-17-6-18-30-66/h1-52H. The fourth-order valence-corrected chi connectivity index (χ4v) is 11.5. The fraction of sp³-hybridized carbons (Fsp3) is 0.0133. The van der Waals surface area contributed by atoms with Crippen LogP contribution in [0.4, 0.5) is 34.1 Å². The van der Waals surface area contributed by atoms with Crippen LogP contribution in [0, 0.1) is 0 Å². The van der Waals surface area contributed by atoms with Gasteiger partial charge in [-0.25, -0.2) is 0 Å². The Bertz CT molecular complexity index is 3740. The molecule has 0 unspecified atom stereocenters. The lowest BCUT2D eigenvalue weighted by Crippen LogP contribution is -2.29. The summed E-state index contributed by atoms with van der Waals surface area (Å²) in [6.07, 6.45) is 0. The number of hydrogen-bond donors (Lipinski definition) is 0. The van der Waals surface area contributed by atoms with Crippen LogP contribution in [0.2, 0.25) is 0 Å². The van der Waals surface area contributed by atoms with Crippen molar-refractivity contribution in [2.24, 2.45) is 0 Å². The van der Waals surface area contributed by atoms with Crippen LogP contribution < -0.4 is 9.80 Å². The van der Waals surface area contributed by atoms with Crippen molar-refractivity contribution in [3.05, 3.63) is 360 Å². The van der Waals surface area contributed by atoms with Crippen molar-refractivity contribution in [1.29, 1.82) is 0 Å². The number of fused-ring (bicyclic) bond motifs is 3. The molecule has 0 aliphatic heterocycles. The Morgan fingerprint density at radius 3 is 0.797 bits per heavy atom. The van der Waals surface area contributed by atoms with Gasteiger partial charge < -0.3 is 9.80 Å². The highest BCUT2D eigenvalue weighted by Gasteiger charge is 2.47. The first-order valence-corrected chi connectivity index (χ1v) is 26.7. The monoisotopic (exact) mass is 1010 g/mol. The van der Waals surface area contributed by atoms with E-state index in [9.17, 15) is 9.59 Å². The Morgan fingerprint density at radius 1 is 0.241 bits per heavy atom. The Kier molecular flexibility index (Phi) is 12.8. The zero-order chi connectivity index (χ0) is 53.1. The minimum Gasteiger partial charge on any atom is -0.311 e. The van der Waals surface area contributed by atoms with Crippen LogP contribution in [-0.2, 0) is 5.41 Å². The van der Waals surface area contributed by atoms with Gasteiger partial charge in [0.2, 0.25) is 0 Å². The fourth-order valence-electron chi connectivity index (χ4n) is 11.5. The van der Waals surface area contributed by atoms with E-state index in [0.717, 1.165) is 89.8 Å². The highest BCUT2D eigenvalue weighted by molar-refractivity contribution is 6.11. The van der Waals surface area contributed by atoms with Crippen molar-refractivity contribution in [2.75, 3.05) is 9.80 Å². The molecule has 0 fully saturated rings. The quantitative estimate of drug-likeness (QED) is 0.102. The number of para-hydroxylation sites is 4. The molecule has 0 amide bonds. The van der Waals surface area contributed by atoms with Gasteiger partial charge in [-0.3, -0.25) is 9.59 Å². The predicted octanol–water partition coefficient (Wildman–Crippen LogP) is 18.8. The predicted molar refractivity (Wildman–Crippen MR) is 324 cm³/mol. The average Bonchev–Trinajstić information content (AvgIpc) is 2.77. The van der Waals surface area contributed by atoms with Crippen LogP contribution in [0.5, 0.6) is 0 Å². The molecule has 0 radical (unpaired) electrons. The van der Waals surface area contributed by atoms with Crippen molar-refractivity contribution in [1.82, 2.24) is 0 Å². The molecule has 4 heteroatoms. The van der Waals surface area contributed by atoms with Crippen LogP contribution >= 0.6 is 0 Å². The third-order valence-corrected chi connectivity index (χ3v) is 15.3. The van der Waals surface area contributed by atoms with E-state index >= 15 is 0 Å². The smallest absolute Gasteiger partial charge is 0.193 e. The lowest BCUT2D eigenvalue weighted by atomic mass is 9.67. The van der Waals surface area contributed by atoms with Crippen molar-refractivity contribution >= 4 is 45.7 Å². The summed E-state index contributed by atoms with van der Waals surface area (Å²) in [6.45, 7) is 0. The summed E-state index contributed by atoms with van der Waals surface area (Å²) in [5.41, 5.74) is 17.6. The summed E-state index contributed by atoms with van der Waals surface area (Å²) >= 11 is 0. The molecule has 0 spiro atoms. The molecule has 12 aromatic rings. The number of benzene rings is 12. The summed E-state index contributed by atoms with van der Waals surface area (Å²) in [6, 6.07) is 108. The lowest BCUT2D eigenvalue weighted by Gasteiger charge is -2.35. The van der Waals surface area contributed by atoms with Gasteiger partial charge in [0.1, 0.15) is 0 Å². The van der Waals surface area contributed by atoms with Crippen molar-refractivity contribution < 1.29 is 9.59 Å². The van der Waals surface area contributed by atoms with E-state index in [0.29, 0.717) is 22.3 Å². The van der Waals surface area contributed by atoms with E-state index < -0.39 is 5.41 Å². The molecule has 0 saturated heterocycles. The Balaban J connectivity index is 1.01. The third-order valence-electron chi connectivity index (χ3n) is 15.3. The molecule has 0 N–H and O–H groups in total. The van der Waals surface area contributed by atoms with Gasteiger partial charge in [0.15, 0.2) is 11.6 Å². The molecule has 0 aromatic heterocycles. The first-order valence-electron chi connectivity index (χ1n) is 26.7. The molecule has 12 aromatic carbocycles. The van der Waals surface area contributed by atoms with Crippen LogP contribution in [0.15, 0.2) is 315 Å². The minimum atomic E-state index is -1.02. The molecule has 0 heterocycles. The van der Waals surface area contributed by atoms with E-state index in [1.54, 1.807) is 0 Å². The van der Waals surface area contributed by atoms with Crippen molar-refractivity contribution in [3.8, 4) is 33.4 Å². The number of rotatable bonds is 14. The highest BCUT2D eigenvalue weighted by atomic mass is 16.1. The lowest BCUT2D eigenvalue weighted by molar-refractivity contribution is 0.103. The molecule has 79 heavy (non-hydrogen) atoms. The number of nitrogens with zero attached hydrogens (tertiary/aromatic N) is 2. The normalized spacial score (nSPS) is 12.0. The van der Waals surface area contributed by atoms with Gasteiger partial charge in [0, 0.05) is 56.4 Å². The van der Waals surface area contributed by atoms with E-state index in [-0.39, 0.29) is 11.6 Å². The van der Waals surface area contributed by atoms with Crippen LogP contribution in [0.3, 0.4) is 0 Å². The molecule has 0 saturated carbocycles. The Morgan fingerprint density at radius 2 is 0.494 bits per heavy atom. The number of hydrogen-bond acceptors (Lipinski definition) is 4. The largest absolute Gasteiger partial charge is 0.311 e. The second-order valence-electron chi connectivity index (χ2n) is 19.9. The molecular weight excluding hydrogens is 961 g/mol. The summed E-state index contributed by atoms with van der Waals surface area (Å²) in [5.74, 6) is -0.147. The van der Waals surface area contributed by atoms with Crippen LogP contribution in [-0.4, -0.2) is 11.6 Å². The third kappa shape index (κ3) is 9.01. The van der Waals surface area contributed by atoms with Crippen LogP contribution in [0.1, 0.15) is 54.1 Å². The molecule has 0 atom stereocenters.